The predicted octanol–water partition coefficient (Wildman–Crippen LogP) is 2.19. The Balaban J connectivity index is 1.98. The van der Waals surface area contributed by atoms with E-state index < -0.39 is 0 Å². The highest BCUT2D eigenvalue weighted by Gasteiger charge is 2.24. The van der Waals surface area contributed by atoms with Crippen LogP contribution in [0, 0.1) is 0 Å². The van der Waals surface area contributed by atoms with Gasteiger partial charge in [-0.3, -0.25) is 4.79 Å². The van der Waals surface area contributed by atoms with Crippen molar-refractivity contribution in [2.45, 2.75) is 45.2 Å². The fraction of sp³-hybridized carbons (Fsp3) is 0.562. The smallest absolute Gasteiger partial charge is 0.258 e. The summed E-state index contributed by atoms with van der Waals surface area (Å²) >= 11 is 0. The zero-order valence-electron chi connectivity index (χ0n) is 12.5. The first kappa shape index (κ1) is 14.9. The molecule has 0 spiro atoms. The van der Waals surface area contributed by atoms with E-state index in [1.54, 1.807) is 0 Å². The van der Waals surface area contributed by atoms with Crippen LogP contribution in [0.3, 0.4) is 0 Å². The normalized spacial score (nSPS) is 18.4. The van der Waals surface area contributed by atoms with Gasteiger partial charge in [0.05, 0.1) is 0 Å². The minimum absolute atomic E-state index is 0.0554. The Bertz CT molecular complexity index is 474. The summed E-state index contributed by atoms with van der Waals surface area (Å²) in [6.07, 6.45) is 3.02. The van der Waals surface area contributed by atoms with Crippen molar-refractivity contribution >= 4 is 5.91 Å². The van der Waals surface area contributed by atoms with Crippen molar-refractivity contribution < 1.29 is 9.53 Å². The van der Waals surface area contributed by atoms with Crippen molar-refractivity contribution in [1.82, 2.24) is 10.6 Å². The summed E-state index contributed by atoms with van der Waals surface area (Å²) in [7, 11) is 1.98. The second-order valence-corrected chi connectivity index (χ2v) is 5.37. The second-order valence-electron chi connectivity index (χ2n) is 5.37. The Labute approximate surface area is 120 Å². The topological polar surface area (TPSA) is 50.4 Å². The summed E-state index contributed by atoms with van der Waals surface area (Å²) < 4.78 is 5.71. The monoisotopic (exact) mass is 276 g/mol. The van der Waals surface area contributed by atoms with E-state index in [0.29, 0.717) is 6.04 Å². The number of nitrogens with one attached hydrogen (secondary N) is 2. The summed E-state index contributed by atoms with van der Waals surface area (Å²) in [6, 6.07) is 6.68. The van der Waals surface area contributed by atoms with Crippen LogP contribution in [0.1, 0.15) is 43.9 Å². The SMILES string of the molecule is CCC(C)NC(=O)COc1cccc2c1CCC2NC. The molecule has 0 saturated carbocycles. The van der Waals surface area contributed by atoms with Crippen molar-refractivity contribution in [3.63, 3.8) is 0 Å². The van der Waals surface area contributed by atoms with E-state index in [0.717, 1.165) is 25.0 Å². The summed E-state index contributed by atoms with van der Waals surface area (Å²) in [5, 5.41) is 6.22. The maximum absolute atomic E-state index is 11.8. The van der Waals surface area contributed by atoms with Gasteiger partial charge < -0.3 is 15.4 Å². The fourth-order valence-corrected chi connectivity index (χ4v) is 2.62. The standard InChI is InChI=1S/C16H24N2O2/c1-4-11(2)18-16(19)10-20-15-7-5-6-12-13(15)8-9-14(12)17-3/h5-7,11,14,17H,4,8-10H2,1-3H3,(H,18,19). The number of amides is 1. The van der Waals surface area contributed by atoms with E-state index in [9.17, 15) is 4.79 Å². The molecule has 2 atom stereocenters. The van der Waals surface area contributed by atoms with Gasteiger partial charge in [-0.2, -0.15) is 0 Å². The molecule has 1 aliphatic rings. The molecule has 1 aromatic carbocycles. The molecule has 0 heterocycles. The van der Waals surface area contributed by atoms with E-state index in [1.165, 1.54) is 11.1 Å². The molecule has 0 radical (unpaired) electrons. The number of benzene rings is 1. The summed E-state index contributed by atoms with van der Waals surface area (Å²) in [5.41, 5.74) is 2.54. The van der Waals surface area contributed by atoms with Crippen molar-refractivity contribution in [2.75, 3.05) is 13.7 Å². The van der Waals surface area contributed by atoms with E-state index in [4.69, 9.17) is 4.74 Å². The molecule has 1 aromatic rings. The quantitative estimate of drug-likeness (QED) is 0.837. The number of hydrogen-bond acceptors (Lipinski definition) is 3. The number of ether oxygens (including phenoxy) is 1. The fourth-order valence-electron chi connectivity index (χ4n) is 2.62. The molecule has 2 unspecified atom stereocenters. The molecule has 0 saturated heterocycles. The molecule has 0 aliphatic heterocycles. The van der Waals surface area contributed by atoms with Crippen LogP contribution in [-0.4, -0.2) is 25.6 Å². The zero-order valence-corrected chi connectivity index (χ0v) is 12.5. The van der Waals surface area contributed by atoms with Gasteiger partial charge in [0.25, 0.3) is 5.91 Å². The lowest BCUT2D eigenvalue weighted by molar-refractivity contribution is -0.123. The highest BCUT2D eigenvalue weighted by molar-refractivity contribution is 5.77. The summed E-state index contributed by atoms with van der Waals surface area (Å²) in [6.45, 7) is 4.13. The number of fused-ring (bicyclic) bond motifs is 1. The van der Waals surface area contributed by atoms with Crippen LogP contribution in [0.5, 0.6) is 5.75 Å². The first-order chi connectivity index (χ1) is 9.65. The molecule has 2 N–H and O–H groups in total. The van der Waals surface area contributed by atoms with E-state index in [-0.39, 0.29) is 18.6 Å². The van der Waals surface area contributed by atoms with Crippen molar-refractivity contribution in [3.05, 3.63) is 29.3 Å². The first-order valence-corrected chi connectivity index (χ1v) is 7.37. The Morgan fingerprint density at radius 1 is 1.50 bits per heavy atom. The van der Waals surface area contributed by atoms with Crippen LogP contribution in [0.15, 0.2) is 18.2 Å². The first-order valence-electron chi connectivity index (χ1n) is 7.37. The molecule has 1 amide bonds. The number of carbonyl (C=O) groups excluding carboxylic acids is 1. The van der Waals surface area contributed by atoms with Crippen LogP contribution >= 0.6 is 0 Å². The zero-order chi connectivity index (χ0) is 14.5. The lowest BCUT2D eigenvalue weighted by atomic mass is 10.1. The van der Waals surface area contributed by atoms with Gasteiger partial charge in [-0.25, -0.2) is 0 Å². The Morgan fingerprint density at radius 3 is 3.00 bits per heavy atom. The van der Waals surface area contributed by atoms with Gasteiger partial charge >= 0.3 is 0 Å². The molecular formula is C16H24N2O2. The maximum atomic E-state index is 11.8. The average molecular weight is 276 g/mol. The Hall–Kier alpha value is -1.55. The Kier molecular flexibility index (Phi) is 5.01. The van der Waals surface area contributed by atoms with Gasteiger partial charge in [0.1, 0.15) is 5.75 Å². The third-order valence-corrected chi connectivity index (χ3v) is 3.95. The largest absolute Gasteiger partial charge is 0.483 e. The van der Waals surface area contributed by atoms with E-state index in [1.807, 2.05) is 33.0 Å². The third kappa shape index (κ3) is 3.31. The molecule has 4 nitrogen and oxygen atoms in total. The minimum Gasteiger partial charge on any atom is -0.483 e. The van der Waals surface area contributed by atoms with Crippen LogP contribution in [-0.2, 0) is 11.2 Å². The molecule has 20 heavy (non-hydrogen) atoms. The van der Waals surface area contributed by atoms with Crippen molar-refractivity contribution in [1.29, 1.82) is 0 Å². The number of hydrogen-bond donors (Lipinski definition) is 2. The summed E-state index contributed by atoms with van der Waals surface area (Å²) in [5.74, 6) is 0.791. The molecule has 0 bridgehead atoms. The van der Waals surface area contributed by atoms with Gasteiger partial charge in [0.2, 0.25) is 0 Å². The molecule has 4 heteroatoms. The van der Waals surface area contributed by atoms with E-state index in [2.05, 4.69) is 16.7 Å². The Morgan fingerprint density at radius 2 is 2.30 bits per heavy atom. The van der Waals surface area contributed by atoms with Crippen molar-refractivity contribution in [2.24, 2.45) is 0 Å². The third-order valence-electron chi connectivity index (χ3n) is 3.95. The van der Waals surface area contributed by atoms with Crippen LogP contribution in [0.25, 0.3) is 0 Å². The molecule has 1 aliphatic carbocycles. The molecule has 0 aromatic heterocycles. The lowest BCUT2D eigenvalue weighted by Gasteiger charge is -2.14. The highest BCUT2D eigenvalue weighted by Crippen LogP contribution is 2.36. The highest BCUT2D eigenvalue weighted by atomic mass is 16.5. The maximum Gasteiger partial charge on any atom is 0.258 e. The van der Waals surface area contributed by atoms with Gasteiger partial charge in [-0.05, 0) is 50.4 Å². The summed E-state index contributed by atoms with van der Waals surface area (Å²) in [4.78, 5) is 11.8. The van der Waals surface area contributed by atoms with Crippen LogP contribution in [0.4, 0.5) is 0 Å². The molecule has 110 valence electrons. The minimum atomic E-state index is -0.0554. The average Bonchev–Trinajstić information content (AvgIpc) is 2.88. The molecule has 2 rings (SSSR count). The number of rotatable bonds is 6. The van der Waals surface area contributed by atoms with Gasteiger partial charge in [-0.15, -0.1) is 0 Å². The van der Waals surface area contributed by atoms with Crippen LogP contribution < -0.4 is 15.4 Å². The lowest BCUT2D eigenvalue weighted by Crippen LogP contribution is -2.35. The van der Waals surface area contributed by atoms with Crippen LogP contribution in [0.2, 0.25) is 0 Å². The number of carbonyl (C=O) groups is 1. The predicted molar refractivity (Wildman–Crippen MR) is 80.0 cm³/mol. The molecule has 0 fully saturated rings. The second kappa shape index (κ2) is 6.75. The molecular weight excluding hydrogens is 252 g/mol. The van der Waals surface area contributed by atoms with Gasteiger partial charge in [0.15, 0.2) is 6.61 Å². The van der Waals surface area contributed by atoms with Gasteiger partial charge in [0, 0.05) is 12.1 Å². The van der Waals surface area contributed by atoms with Crippen molar-refractivity contribution in [3.8, 4) is 5.75 Å². The van der Waals surface area contributed by atoms with E-state index >= 15 is 0 Å². The van der Waals surface area contributed by atoms with Gasteiger partial charge in [-0.1, -0.05) is 19.1 Å².